The quantitative estimate of drug-likeness (QED) is 0.473. The second-order valence-corrected chi connectivity index (χ2v) is 7.11. The molecule has 1 aliphatic heterocycles. The fraction of sp³-hybridized carbons (Fsp3) is 0.190. The number of fused-ring (bicyclic) bond motifs is 1. The van der Waals surface area contributed by atoms with Gasteiger partial charge < -0.3 is 9.64 Å². The van der Waals surface area contributed by atoms with Gasteiger partial charge in [0.05, 0.1) is 22.9 Å². The largest absolute Gasteiger partial charge is 0.378 e. The molecule has 32 heavy (non-hydrogen) atoms. The third-order valence-electron chi connectivity index (χ3n) is 4.94. The number of nitrogens with zero attached hydrogens (tertiary/aromatic N) is 4. The first-order valence-corrected chi connectivity index (χ1v) is 9.48. The summed E-state index contributed by atoms with van der Waals surface area (Å²) in [5.41, 5.74) is 1.98. The second kappa shape index (κ2) is 8.63. The molecule has 0 spiro atoms. The molecule has 0 bridgehead atoms. The van der Waals surface area contributed by atoms with Crippen LogP contribution in [-0.2, 0) is 24.4 Å². The minimum Gasteiger partial charge on any atom is -0.378 e. The van der Waals surface area contributed by atoms with Gasteiger partial charge in [-0.3, -0.25) is 20.4 Å². The van der Waals surface area contributed by atoms with Crippen LogP contribution in [0.25, 0.3) is 11.3 Å². The van der Waals surface area contributed by atoms with Gasteiger partial charge in [0.15, 0.2) is 0 Å². The number of halogens is 2. The zero-order valence-corrected chi connectivity index (χ0v) is 16.8. The molecule has 2 amide bonds. The normalized spacial score (nSPS) is 12.5. The number of rotatable bonds is 5. The van der Waals surface area contributed by atoms with E-state index in [1.54, 1.807) is 13.3 Å². The van der Waals surface area contributed by atoms with Gasteiger partial charge in [0, 0.05) is 44.1 Å². The summed E-state index contributed by atoms with van der Waals surface area (Å²) in [6.45, 7) is 0.879. The van der Waals surface area contributed by atoms with Crippen molar-refractivity contribution >= 4 is 17.5 Å². The molecular weight excluding hydrogens is 424 g/mol. The molecule has 0 aliphatic carbocycles. The van der Waals surface area contributed by atoms with Gasteiger partial charge in [-0.15, -0.1) is 0 Å². The first-order valence-electron chi connectivity index (χ1n) is 9.48. The first kappa shape index (κ1) is 21.2. The Morgan fingerprint density at radius 1 is 1.22 bits per heavy atom. The Morgan fingerprint density at radius 3 is 2.72 bits per heavy atom. The van der Waals surface area contributed by atoms with Gasteiger partial charge in [0.25, 0.3) is 0 Å². The summed E-state index contributed by atoms with van der Waals surface area (Å²) in [4.78, 5) is 33.3. The van der Waals surface area contributed by atoms with E-state index in [2.05, 4.69) is 15.3 Å². The molecule has 9 nitrogen and oxygen atoms in total. The Morgan fingerprint density at radius 2 is 2.00 bits per heavy atom. The molecule has 4 rings (SSSR count). The van der Waals surface area contributed by atoms with Gasteiger partial charge in [-0.25, -0.2) is 18.6 Å². The van der Waals surface area contributed by atoms with Crippen molar-refractivity contribution in [1.29, 1.82) is 0 Å². The van der Waals surface area contributed by atoms with Gasteiger partial charge >= 0.3 is 11.7 Å². The number of nitrogens with one attached hydrogen (secondary N) is 1. The SMILES string of the molecule is COCc1cc2c(cn1)CN(C(=O)Nc1nc(-c3ccc(F)cc3F)ccc1[N+](=O)[O-])C2. The Hall–Kier alpha value is -3.99. The first-order chi connectivity index (χ1) is 15.4. The molecule has 0 radical (unpaired) electrons. The number of carbonyl (C=O) groups is 1. The molecule has 1 aromatic carbocycles. The van der Waals surface area contributed by atoms with E-state index >= 15 is 0 Å². The van der Waals surface area contributed by atoms with Gasteiger partial charge in [-0.2, -0.15) is 0 Å². The Balaban J connectivity index is 1.59. The number of nitro groups is 1. The third kappa shape index (κ3) is 4.23. The van der Waals surface area contributed by atoms with Crippen LogP contribution in [-0.4, -0.2) is 32.9 Å². The van der Waals surface area contributed by atoms with Crippen molar-refractivity contribution in [2.24, 2.45) is 0 Å². The molecule has 3 aromatic rings. The zero-order chi connectivity index (χ0) is 22.8. The number of anilines is 1. The highest BCUT2D eigenvalue weighted by molar-refractivity contribution is 5.91. The van der Waals surface area contributed by atoms with E-state index in [0.29, 0.717) is 12.7 Å². The number of amides is 2. The van der Waals surface area contributed by atoms with Crippen LogP contribution in [0.3, 0.4) is 0 Å². The number of aromatic nitrogens is 2. The van der Waals surface area contributed by atoms with Gasteiger partial charge in [-0.05, 0) is 35.4 Å². The van der Waals surface area contributed by atoms with Crippen LogP contribution in [0.5, 0.6) is 0 Å². The maximum absolute atomic E-state index is 14.1. The number of carbonyl (C=O) groups excluding carboxylic acids is 1. The van der Waals surface area contributed by atoms with E-state index in [4.69, 9.17) is 4.74 Å². The molecule has 0 saturated carbocycles. The Kier molecular flexibility index (Phi) is 5.73. The maximum atomic E-state index is 14.1. The smallest absolute Gasteiger partial charge is 0.323 e. The average molecular weight is 441 g/mol. The van der Waals surface area contributed by atoms with E-state index in [-0.39, 0.29) is 30.2 Å². The van der Waals surface area contributed by atoms with Crippen LogP contribution >= 0.6 is 0 Å². The van der Waals surface area contributed by atoms with Crippen LogP contribution < -0.4 is 5.32 Å². The predicted octanol–water partition coefficient (Wildman–Crippen LogP) is 4.02. The molecule has 0 atom stereocenters. The molecular formula is C21H17F2N5O4. The highest BCUT2D eigenvalue weighted by Gasteiger charge is 2.27. The molecule has 0 saturated heterocycles. The number of hydrogen-bond acceptors (Lipinski definition) is 6. The van der Waals surface area contributed by atoms with Crippen LogP contribution in [0.1, 0.15) is 16.8 Å². The van der Waals surface area contributed by atoms with Crippen molar-refractivity contribution in [2.75, 3.05) is 12.4 Å². The van der Waals surface area contributed by atoms with Crippen molar-refractivity contribution in [3.05, 3.63) is 81.2 Å². The van der Waals surface area contributed by atoms with E-state index in [9.17, 15) is 23.7 Å². The highest BCUT2D eigenvalue weighted by Crippen LogP contribution is 2.30. The summed E-state index contributed by atoms with van der Waals surface area (Å²) < 4.78 is 32.4. The van der Waals surface area contributed by atoms with Gasteiger partial charge in [0.1, 0.15) is 11.6 Å². The molecule has 3 heterocycles. The maximum Gasteiger partial charge on any atom is 0.323 e. The van der Waals surface area contributed by atoms with E-state index in [1.165, 1.54) is 17.0 Å². The third-order valence-corrected chi connectivity index (χ3v) is 4.94. The molecule has 164 valence electrons. The summed E-state index contributed by atoms with van der Waals surface area (Å²) in [5.74, 6) is -1.98. The minimum atomic E-state index is -0.877. The monoisotopic (exact) mass is 441 g/mol. The fourth-order valence-electron chi connectivity index (χ4n) is 3.42. The van der Waals surface area contributed by atoms with E-state index in [1.807, 2.05) is 6.07 Å². The van der Waals surface area contributed by atoms with E-state index < -0.39 is 28.3 Å². The molecule has 1 N–H and O–H groups in total. The number of pyridine rings is 2. The zero-order valence-electron chi connectivity index (χ0n) is 16.8. The standard InChI is InChI=1S/C21H17F2N5O4/c1-32-11-15-6-12-9-27(10-13(12)8-24-15)21(29)26-20-19(28(30)31)5-4-18(25-20)16-3-2-14(22)7-17(16)23/h2-8H,9-11H2,1H3,(H,25,26,29). The molecule has 0 unspecified atom stereocenters. The van der Waals surface area contributed by atoms with Crippen LogP contribution in [0.4, 0.5) is 25.1 Å². The number of ether oxygens (including phenoxy) is 1. The molecule has 2 aromatic heterocycles. The number of methoxy groups -OCH3 is 1. The van der Waals surface area contributed by atoms with Crippen LogP contribution in [0.15, 0.2) is 42.6 Å². The lowest BCUT2D eigenvalue weighted by molar-refractivity contribution is -0.384. The summed E-state index contributed by atoms with van der Waals surface area (Å²) in [6.07, 6.45) is 1.66. The summed E-state index contributed by atoms with van der Waals surface area (Å²) in [6, 6.07) is 6.48. The Bertz CT molecular complexity index is 1220. The lowest BCUT2D eigenvalue weighted by atomic mass is 10.1. The minimum absolute atomic E-state index is 0.0153. The number of hydrogen-bond donors (Lipinski definition) is 1. The van der Waals surface area contributed by atoms with Crippen molar-refractivity contribution in [1.82, 2.24) is 14.9 Å². The van der Waals surface area contributed by atoms with Gasteiger partial charge in [-0.1, -0.05) is 0 Å². The summed E-state index contributed by atoms with van der Waals surface area (Å²) in [7, 11) is 1.56. The van der Waals surface area contributed by atoms with Gasteiger partial charge in [0.2, 0.25) is 5.82 Å². The average Bonchev–Trinajstić information content (AvgIpc) is 3.17. The van der Waals surface area contributed by atoms with E-state index in [0.717, 1.165) is 29.0 Å². The van der Waals surface area contributed by atoms with Crippen LogP contribution in [0, 0.1) is 21.7 Å². The predicted molar refractivity (Wildman–Crippen MR) is 109 cm³/mol. The topological polar surface area (TPSA) is 110 Å². The van der Waals surface area contributed by atoms with Crippen molar-refractivity contribution in [2.45, 2.75) is 19.7 Å². The second-order valence-electron chi connectivity index (χ2n) is 7.11. The van der Waals surface area contributed by atoms with Crippen molar-refractivity contribution in [3.63, 3.8) is 0 Å². The number of urea groups is 1. The highest BCUT2D eigenvalue weighted by atomic mass is 19.1. The summed E-state index contributed by atoms with van der Waals surface area (Å²) >= 11 is 0. The summed E-state index contributed by atoms with van der Waals surface area (Å²) in [5, 5.41) is 13.9. The molecule has 1 aliphatic rings. The molecule has 0 fully saturated rings. The number of benzene rings is 1. The lowest BCUT2D eigenvalue weighted by Gasteiger charge is -2.16. The van der Waals surface area contributed by atoms with Crippen molar-refractivity contribution in [3.8, 4) is 11.3 Å². The fourth-order valence-corrected chi connectivity index (χ4v) is 3.42. The molecule has 11 heteroatoms. The van der Waals surface area contributed by atoms with Crippen molar-refractivity contribution < 1.29 is 23.2 Å². The Labute approximate surface area is 180 Å². The lowest BCUT2D eigenvalue weighted by Crippen LogP contribution is -2.30. The van der Waals surface area contributed by atoms with Crippen LogP contribution in [0.2, 0.25) is 0 Å².